The van der Waals surface area contributed by atoms with Crippen LogP contribution < -0.4 is 9.64 Å². The number of ether oxygens (including phenoxy) is 2. The first-order chi connectivity index (χ1) is 9.61. The number of aliphatic carboxylic acids is 1. The molecule has 0 bridgehead atoms. The van der Waals surface area contributed by atoms with Gasteiger partial charge in [0.25, 0.3) is 0 Å². The normalized spacial score (nSPS) is 16.8. The third-order valence-corrected chi connectivity index (χ3v) is 3.59. The van der Waals surface area contributed by atoms with Crippen LogP contribution in [0.1, 0.15) is 12.5 Å². The molecule has 110 valence electrons. The van der Waals surface area contributed by atoms with E-state index in [4.69, 9.17) is 14.6 Å². The molecule has 5 heteroatoms. The number of carbonyl (C=O) groups is 1. The highest BCUT2D eigenvalue weighted by Gasteiger charge is 2.17. The lowest BCUT2D eigenvalue weighted by atomic mass is 9.99. The number of hydrogen-bond acceptors (Lipinski definition) is 4. The quantitative estimate of drug-likeness (QED) is 0.890. The maximum absolute atomic E-state index is 11.0. The van der Waals surface area contributed by atoms with E-state index < -0.39 is 11.9 Å². The average molecular weight is 279 g/mol. The van der Waals surface area contributed by atoms with Crippen LogP contribution in [0, 0.1) is 5.92 Å². The first-order valence-electron chi connectivity index (χ1n) is 6.84. The Labute approximate surface area is 119 Å². The number of anilines is 1. The lowest BCUT2D eigenvalue weighted by Crippen LogP contribution is -2.36. The molecule has 20 heavy (non-hydrogen) atoms. The molecule has 1 fully saturated rings. The Morgan fingerprint density at radius 1 is 1.45 bits per heavy atom. The van der Waals surface area contributed by atoms with Gasteiger partial charge in [0.15, 0.2) is 0 Å². The van der Waals surface area contributed by atoms with Gasteiger partial charge in [-0.3, -0.25) is 4.79 Å². The Morgan fingerprint density at radius 3 is 2.75 bits per heavy atom. The summed E-state index contributed by atoms with van der Waals surface area (Å²) < 4.78 is 10.7. The van der Waals surface area contributed by atoms with Crippen LogP contribution in [0.2, 0.25) is 0 Å². The molecule has 1 aliphatic rings. The van der Waals surface area contributed by atoms with Gasteiger partial charge in [0, 0.05) is 18.8 Å². The summed E-state index contributed by atoms with van der Waals surface area (Å²) in [5, 5.41) is 9.06. The van der Waals surface area contributed by atoms with Gasteiger partial charge in [-0.1, -0.05) is 6.92 Å². The van der Waals surface area contributed by atoms with Crippen LogP contribution in [0.4, 0.5) is 5.69 Å². The molecule has 1 aromatic carbocycles. The van der Waals surface area contributed by atoms with E-state index in [1.54, 1.807) is 14.0 Å². The van der Waals surface area contributed by atoms with Crippen LogP contribution in [0.15, 0.2) is 18.2 Å². The monoisotopic (exact) mass is 279 g/mol. The molecule has 0 amide bonds. The first-order valence-corrected chi connectivity index (χ1v) is 6.84. The first kappa shape index (κ1) is 14.7. The molecule has 1 heterocycles. The van der Waals surface area contributed by atoms with Crippen molar-refractivity contribution >= 4 is 11.7 Å². The third kappa shape index (κ3) is 3.42. The number of hydrogen-bond donors (Lipinski definition) is 1. The molecule has 0 aliphatic carbocycles. The minimum Gasteiger partial charge on any atom is -0.496 e. The number of carboxylic acids is 1. The standard InChI is InChI=1S/C15H21NO4/c1-11(15(17)18)9-12-10-13(3-4-14(12)19-2)16-5-7-20-8-6-16/h3-4,10-11H,5-9H2,1-2H3,(H,17,18). The van der Waals surface area contributed by atoms with Crippen molar-refractivity contribution in [2.45, 2.75) is 13.3 Å². The number of morpholine rings is 1. The summed E-state index contributed by atoms with van der Waals surface area (Å²) >= 11 is 0. The molecule has 5 nitrogen and oxygen atoms in total. The zero-order chi connectivity index (χ0) is 14.5. The summed E-state index contributed by atoms with van der Waals surface area (Å²) in [5.41, 5.74) is 2.04. The van der Waals surface area contributed by atoms with Gasteiger partial charge in [0.1, 0.15) is 5.75 Å². The zero-order valence-electron chi connectivity index (χ0n) is 12.0. The predicted octanol–water partition coefficient (Wildman–Crippen LogP) is 1.79. The fourth-order valence-corrected chi connectivity index (χ4v) is 2.36. The van der Waals surface area contributed by atoms with Gasteiger partial charge in [0.05, 0.1) is 26.2 Å². The molecule has 1 N–H and O–H groups in total. The minimum absolute atomic E-state index is 0.427. The molecule has 1 aromatic rings. The number of carboxylic acid groups (broad SMARTS) is 1. The SMILES string of the molecule is COc1ccc(N2CCOCC2)cc1CC(C)C(=O)O. The number of rotatable bonds is 5. The molecular formula is C15H21NO4. The number of benzene rings is 1. The van der Waals surface area contributed by atoms with Crippen LogP contribution >= 0.6 is 0 Å². The highest BCUT2D eigenvalue weighted by Crippen LogP contribution is 2.27. The van der Waals surface area contributed by atoms with Gasteiger partial charge in [-0.25, -0.2) is 0 Å². The Hall–Kier alpha value is -1.75. The Kier molecular flexibility index (Phi) is 4.84. The van der Waals surface area contributed by atoms with Gasteiger partial charge in [-0.15, -0.1) is 0 Å². The van der Waals surface area contributed by atoms with Crippen LogP contribution in [0.3, 0.4) is 0 Å². The largest absolute Gasteiger partial charge is 0.496 e. The van der Waals surface area contributed by atoms with Crippen molar-refractivity contribution in [2.75, 3.05) is 38.3 Å². The Bertz CT molecular complexity index is 469. The van der Waals surface area contributed by atoms with E-state index in [2.05, 4.69) is 4.90 Å². The maximum Gasteiger partial charge on any atom is 0.306 e. The molecule has 1 unspecified atom stereocenters. The smallest absolute Gasteiger partial charge is 0.306 e. The van der Waals surface area contributed by atoms with Crippen molar-refractivity contribution in [3.63, 3.8) is 0 Å². The summed E-state index contributed by atoms with van der Waals surface area (Å²) in [4.78, 5) is 13.3. The lowest BCUT2D eigenvalue weighted by molar-refractivity contribution is -0.141. The van der Waals surface area contributed by atoms with Crippen molar-refractivity contribution in [3.05, 3.63) is 23.8 Å². The van der Waals surface area contributed by atoms with Crippen LogP contribution in [0.25, 0.3) is 0 Å². The van der Waals surface area contributed by atoms with E-state index in [1.165, 1.54) is 0 Å². The Balaban J connectivity index is 2.21. The van der Waals surface area contributed by atoms with Crippen LogP contribution in [-0.2, 0) is 16.0 Å². The number of nitrogens with zero attached hydrogens (tertiary/aromatic N) is 1. The summed E-state index contributed by atoms with van der Waals surface area (Å²) in [6, 6.07) is 5.96. The van der Waals surface area contributed by atoms with E-state index in [9.17, 15) is 4.79 Å². The molecule has 2 rings (SSSR count). The summed E-state index contributed by atoms with van der Waals surface area (Å²) in [5.74, 6) is -0.470. The van der Waals surface area contributed by atoms with Gasteiger partial charge in [-0.2, -0.15) is 0 Å². The highest BCUT2D eigenvalue weighted by atomic mass is 16.5. The lowest BCUT2D eigenvalue weighted by Gasteiger charge is -2.29. The third-order valence-electron chi connectivity index (χ3n) is 3.59. The van der Waals surface area contributed by atoms with E-state index in [0.29, 0.717) is 6.42 Å². The van der Waals surface area contributed by atoms with E-state index in [-0.39, 0.29) is 0 Å². The topological polar surface area (TPSA) is 59.0 Å². The van der Waals surface area contributed by atoms with Gasteiger partial charge >= 0.3 is 5.97 Å². The molecule has 1 saturated heterocycles. The number of methoxy groups -OCH3 is 1. The molecule has 0 saturated carbocycles. The van der Waals surface area contributed by atoms with Crippen LogP contribution in [-0.4, -0.2) is 44.5 Å². The van der Waals surface area contributed by atoms with Crippen molar-refractivity contribution in [3.8, 4) is 5.75 Å². The van der Waals surface area contributed by atoms with Gasteiger partial charge in [-0.05, 0) is 30.2 Å². The van der Waals surface area contributed by atoms with Crippen LogP contribution in [0.5, 0.6) is 5.75 Å². The maximum atomic E-state index is 11.0. The highest BCUT2D eigenvalue weighted by molar-refractivity contribution is 5.70. The van der Waals surface area contributed by atoms with Gasteiger partial charge in [0.2, 0.25) is 0 Å². The molecule has 1 atom stereocenters. The second kappa shape index (κ2) is 6.61. The zero-order valence-corrected chi connectivity index (χ0v) is 12.0. The Morgan fingerprint density at radius 2 is 2.15 bits per heavy atom. The summed E-state index contributed by atoms with van der Waals surface area (Å²) in [7, 11) is 1.61. The van der Waals surface area contributed by atoms with E-state index >= 15 is 0 Å². The van der Waals surface area contributed by atoms with Crippen molar-refractivity contribution < 1.29 is 19.4 Å². The van der Waals surface area contributed by atoms with E-state index in [0.717, 1.165) is 43.3 Å². The minimum atomic E-state index is -0.788. The molecule has 0 radical (unpaired) electrons. The van der Waals surface area contributed by atoms with Crippen molar-refractivity contribution in [2.24, 2.45) is 5.92 Å². The fraction of sp³-hybridized carbons (Fsp3) is 0.533. The van der Waals surface area contributed by atoms with Crippen molar-refractivity contribution in [1.82, 2.24) is 0 Å². The summed E-state index contributed by atoms with van der Waals surface area (Å²) in [6.45, 7) is 4.89. The summed E-state index contributed by atoms with van der Waals surface area (Å²) in [6.07, 6.45) is 0.469. The predicted molar refractivity (Wildman–Crippen MR) is 76.5 cm³/mol. The molecule has 0 aromatic heterocycles. The molecule has 0 spiro atoms. The van der Waals surface area contributed by atoms with E-state index in [1.807, 2.05) is 18.2 Å². The average Bonchev–Trinajstić information content (AvgIpc) is 2.48. The molecular weight excluding hydrogens is 258 g/mol. The second-order valence-corrected chi connectivity index (χ2v) is 5.04. The fourth-order valence-electron chi connectivity index (χ4n) is 2.36. The van der Waals surface area contributed by atoms with Gasteiger partial charge < -0.3 is 19.5 Å². The van der Waals surface area contributed by atoms with Crippen molar-refractivity contribution in [1.29, 1.82) is 0 Å². The molecule has 1 aliphatic heterocycles. The second-order valence-electron chi connectivity index (χ2n) is 5.04.